The molecule has 3 nitrogen and oxygen atoms in total. The van der Waals surface area contributed by atoms with Gasteiger partial charge < -0.3 is 5.73 Å². The van der Waals surface area contributed by atoms with E-state index in [-0.39, 0.29) is 5.82 Å². The molecule has 0 saturated heterocycles. The van der Waals surface area contributed by atoms with Crippen molar-refractivity contribution in [2.75, 3.05) is 5.73 Å². The lowest BCUT2D eigenvalue weighted by Gasteiger charge is -2.07. The summed E-state index contributed by atoms with van der Waals surface area (Å²) in [5.41, 5.74) is 8.25. The summed E-state index contributed by atoms with van der Waals surface area (Å²) in [4.78, 5) is 4.24. The fourth-order valence-corrected chi connectivity index (χ4v) is 3.56. The molecule has 0 bridgehead atoms. The van der Waals surface area contributed by atoms with Crippen LogP contribution in [-0.4, -0.2) is 9.55 Å². The quantitative estimate of drug-likeness (QED) is 0.532. The van der Waals surface area contributed by atoms with Gasteiger partial charge in [0.25, 0.3) is 0 Å². The van der Waals surface area contributed by atoms with Gasteiger partial charge in [0, 0.05) is 16.5 Å². The van der Waals surface area contributed by atoms with Gasteiger partial charge in [-0.15, -0.1) is 11.3 Å². The van der Waals surface area contributed by atoms with Crippen molar-refractivity contribution in [1.82, 2.24) is 9.55 Å². The molecule has 2 N–H and O–H groups in total. The highest BCUT2D eigenvalue weighted by Gasteiger charge is 2.13. The molecule has 0 aliphatic heterocycles. The van der Waals surface area contributed by atoms with Gasteiger partial charge in [-0.1, -0.05) is 0 Å². The van der Waals surface area contributed by atoms with E-state index >= 15 is 0 Å². The number of benzene rings is 2. The average molecular weight is 362 g/mol. The molecule has 2 aromatic carbocycles. The summed E-state index contributed by atoms with van der Waals surface area (Å²) in [7, 11) is 0. The predicted octanol–water partition coefficient (Wildman–Crippen LogP) is 4.72. The van der Waals surface area contributed by atoms with E-state index in [2.05, 4.69) is 44.5 Å². The standard InChI is InChI=1S/C15H9BrFN3S/c16-10-6-13-12(7-11(10)17)19-15(18)20(13)9-1-2-14-8(5-9)3-4-21-14/h1-7H,(H2,18,19). The molecule has 2 aromatic heterocycles. The van der Waals surface area contributed by atoms with Crippen LogP contribution in [0, 0.1) is 5.82 Å². The molecule has 4 rings (SSSR count). The molecule has 0 atom stereocenters. The van der Waals surface area contributed by atoms with Gasteiger partial charge in [-0.2, -0.15) is 0 Å². The van der Waals surface area contributed by atoms with Gasteiger partial charge in [0.15, 0.2) is 0 Å². The lowest BCUT2D eigenvalue weighted by Crippen LogP contribution is -2.00. The van der Waals surface area contributed by atoms with Gasteiger partial charge in [-0.25, -0.2) is 9.37 Å². The first-order chi connectivity index (χ1) is 10.1. The molecule has 0 aliphatic rings. The van der Waals surface area contributed by atoms with E-state index in [0.29, 0.717) is 15.9 Å². The molecule has 0 aliphatic carbocycles. The lowest BCUT2D eigenvalue weighted by atomic mass is 10.2. The number of rotatable bonds is 1. The van der Waals surface area contributed by atoms with Crippen LogP contribution in [0.3, 0.4) is 0 Å². The number of anilines is 1. The van der Waals surface area contributed by atoms with E-state index in [1.807, 2.05) is 10.6 Å². The van der Waals surface area contributed by atoms with Crippen LogP contribution < -0.4 is 5.73 Å². The summed E-state index contributed by atoms with van der Waals surface area (Å²) >= 11 is 4.90. The molecule has 0 spiro atoms. The Morgan fingerprint density at radius 3 is 2.90 bits per heavy atom. The van der Waals surface area contributed by atoms with Crippen molar-refractivity contribution in [2.24, 2.45) is 0 Å². The topological polar surface area (TPSA) is 43.8 Å². The van der Waals surface area contributed by atoms with E-state index in [1.54, 1.807) is 17.4 Å². The minimum atomic E-state index is -0.347. The highest BCUT2D eigenvalue weighted by atomic mass is 79.9. The van der Waals surface area contributed by atoms with Crippen molar-refractivity contribution < 1.29 is 4.39 Å². The van der Waals surface area contributed by atoms with E-state index in [4.69, 9.17) is 5.73 Å². The molecule has 6 heteroatoms. The smallest absolute Gasteiger partial charge is 0.205 e. The van der Waals surface area contributed by atoms with Crippen LogP contribution in [0.5, 0.6) is 0 Å². The first-order valence-electron chi connectivity index (χ1n) is 6.24. The Labute approximate surface area is 132 Å². The predicted molar refractivity (Wildman–Crippen MR) is 88.5 cm³/mol. The zero-order valence-corrected chi connectivity index (χ0v) is 13.1. The fourth-order valence-electron chi connectivity index (χ4n) is 2.46. The summed E-state index contributed by atoms with van der Waals surface area (Å²) in [6, 6.07) is 11.3. The van der Waals surface area contributed by atoms with Crippen LogP contribution in [0.2, 0.25) is 0 Å². The second-order valence-corrected chi connectivity index (χ2v) is 6.51. The number of fused-ring (bicyclic) bond motifs is 2. The summed E-state index contributed by atoms with van der Waals surface area (Å²) in [6.45, 7) is 0. The van der Waals surface area contributed by atoms with E-state index in [0.717, 1.165) is 16.6 Å². The normalized spacial score (nSPS) is 11.5. The minimum Gasteiger partial charge on any atom is -0.369 e. The molecule has 21 heavy (non-hydrogen) atoms. The van der Waals surface area contributed by atoms with Gasteiger partial charge in [0.1, 0.15) is 5.82 Å². The highest BCUT2D eigenvalue weighted by Crippen LogP contribution is 2.30. The first-order valence-corrected chi connectivity index (χ1v) is 7.91. The van der Waals surface area contributed by atoms with Crippen molar-refractivity contribution in [3.8, 4) is 5.69 Å². The Bertz CT molecular complexity index is 989. The summed E-state index contributed by atoms with van der Waals surface area (Å²) in [6.07, 6.45) is 0. The number of thiophene rings is 1. The number of hydrogen-bond acceptors (Lipinski definition) is 3. The number of nitrogens with two attached hydrogens (primary N) is 1. The number of nitrogen functional groups attached to an aromatic ring is 1. The van der Waals surface area contributed by atoms with Crippen LogP contribution in [0.4, 0.5) is 10.3 Å². The first kappa shape index (κ1) is 12.8. The molecule has 0 amide bonds. The van der Waals surface area contributed by atoms with Crippen LogP contribution >= 0.6 is 27.3 Å². The van der Waals surface area contributed by atoms with Gasteiger partial charge in [0.2, 0.25) is 5.95 Å². The zero-order chi connectivity index (χ0) is 14.6. The molecule has 0 saturated carbocycles. The van der Waals surface area contributed by atoms with E-state index in [9.17, 15) is 4.39 Å². The Morgan fingerprint density at radius 1 is 1.19 bits per heavy atom. The Hall–Kier alpha value is -1.92. The van der Waals surface area contributed by atoms with Crippen LogP contribution in [-0.2, 0) is 0 Å². The van der Waals surface area contributed by atoms with Crippen molar-refractivity contribution in [3.63, 3.8) is 0 Å². The Balaban J connectivity index is 2.04. The maximum atomic E-state index is 13.6. The Morgan fingerprint density at radius 2 is 2.05 bits per heavy atom. The van der Waals surface area contributed by atoms with Crippen molar-refractivity contribution in [1.29, 1.82) is 0 Å². The van der Waals surface area contributed by atoms with Gasteiger partial charge in [0.05, 0.1) is 15.5 Å². The third-order valence-corrected chi connectivity index (χ3v) is 4.92. The SMILES string of the molecule is Nc1nc2cc(F)c(Br)cc2n1-c1ccc2sccc2c1. The monoisotopic (exact) mass is 361 g/mol. The van der Waals surface area contributed by atoms with Crippen LogP contribution in [0.1, 0.15) is 0 Å². The largest absolute Gasteiger partial charge is 0.369 e. The molecule has 0 unspecified atom stereocenters. The molecule has 2 heterocycles. The van der Waals surface area contributed by atoms with Crippen LogP contribution in [0.25, 0.3) is 26.8 Å². The summed E-state index contributed by atoms with van der Waals surface area (Å²) < 4.78 is 17.1. The van der Waals surface area contributed by atoms with Crippen molar-refractivity contribution in [3.05, 3.63) is 52.1 Å². The average Bonchev–Trinajstić information content (AvgIpc) is 3.02. The van der Waals surface area contributed by atoms with Gasteiger partial charge in [-0.3, -0.25) is 4.57 Å². The maximum absolute atomic E-state index is 13.6. The fraction of sp³-hybridized carbons (Fsp3) is 0. The lowest BCUT2D eigenvalue weighted by molar-refractivity contribution is 0.623. The summed E-state index contributed by atoms with van der Waals surface area (Å²) in [5.74, 6) is -0.00230. The third kappa shape index (κ3) is 1.94. The molecule has 0 fully saturated rings. The number of hydrogen-bond donors (Lipinski definition) is 1. The third-order valence-electron chi connectivity index (χ3n) is 3.42. The molecule has 4 aromatic rings. The zero-order valence-electron chi connectivity index (χ0n) is 10.7. The van der Waals surface area contributed by atoms with Gasteiger partial charge >= 0.3 is 0 Å². The minimum absolute atomic E-state index is 0.345. The molecule has 104 valence electrons. The number of nitrogens with zero attached hydrogens (tertiary/aromatic N) is 2. The second kappa shape index (κ2) is 4.54. The number of imidazole rings is 1. The molecular weight excluding hydrogens is 353 g/mol. The number of aromatic nitrogens is 2. The molecule has 0 radical (unpaired) electrons. The highest BCUT2D eigenvalue weighted by molar-refractivity contribution is 9.10. The van der Waals surface area contributed by atoms with Crippen molar-refractivity contribution in [2.45, 2.75) is 0 Å². The van der Waals surface area contributed by atoms with E-state index < -0.39 is 0 Å². The van der Waals surface area contributed by atoms with Crippen LogP contribution in [0.15, 0.2) is 46.3 Å². The molecular formula is C15H9BrFN3S. The maximum Gasteiger partial charge on any atom is 0.205 e. The second-order valence-electron chi connectivity index (χ2n) is 4.70. The Kier molecular flexibility index (Phi) is 2.77. The van der Waals surface area contributed by atoms with Gasteiger partial charge in [-0.05, 0) is 57.0 Å². The number of halogens is 2. The van der Waals surface area contributed by atoms with E-state index in [1.165, 1.54) is 10.8 Å². The summed E-state index contributed by atoms with van der Waals surface area (Å²) in [5, 5.41) is 3.20. The van der Waals surface area contributed by atoms with Crippen molar-refractivity contribution >= 4 is 54.3 Å².